The summed E-state index contributed by atoms with van der Waals surface area (Å²) in [5.74, 6) is 0.0741. The van der Waals surface area contributed by atoms with Crippen LogP contribution in [0.25, 0.3) is 0 Å². The van der Waals surface area contributed by atoms with Crippen LogP contribution in [0.5, 0.6) is 11.5 Å². The number of ether oxygens (including phenoxy) is 2. The largest absolute Gasteiger partial charge is 0.493 e. The van der Waals surface area contributed by atoms with Gasteiger partial charge in [0.1, 0.15) is 0 Å². The van der Waals surface area contributed by atoms with Gasteiger partial charge < -0.3 is 36.1 Å². The SMILES string of the molecule is CCN1CCC[C@]1(C)C(=O)Nc1ccccc1C(=O)c1ccccc1.CCN1CCC[C@]1(C)C(=O)Nc1ccccc1C(=O)c1ccccc1.COc1ccc(CN2CCC[C@]2(C)C(=O)Nc2ccc(Cl)cc2C(=O)c2ccccc2)cc1OC.C[C@]1(C(=O)Nc2ccc(Cl)cc2C(=O)c2cccs2)CCCN1Cc1ccc(Cl)c(Cl)c1.C[C@]1(C(=O)Nc2ccc(Cl)cc2C(=O)c2ccsc2)CCCN1Cc1ccc(Cl)c(Cl)c1. The number of nitrogens with one attached hydrogen (secondary N) is 5. The third-order valence-electron chi connectivity index (χ3n) is 28.6. The van der Waals surface area contributed by atoms with Gasteiger partial charge in [0.2, 0.25) is 35.3 Å². The van der Waals surface area contributed by atoms with Crippen molar-refractivity contribution >= 4 is 191 Å². The number of thiophene rings is 2. The van der Waals surface area contributed by atoms with Crippen molar-refractivity contribution in [3.05, 3.63) is 390 Å². The van der Waals surface area contributed by atoms with E-state index in [9.17, 15) is 47.9 Å². The molecule has 0 unspecified atom stereocenters. The zero-order valence-electron chi connectivity index (χ0n) is 84.4. The number of carbonyl (C=O) groups excluding carboxylic acids is 10. The fraction of sp³-hybridized carbons (Fsp3) is 0.288. The Morgan fingerprint density at radius 2 is 0.604 bits per heavy atom. The van der Waals surface area contributed by atoms with Gasteiger partial charge in [-0.3, -0.25) is 72.4 Å². The maximum atomic E-state index is 13.6. The summed E-state index contributed by atoms with van der Waals surface area (Å²) in [6, 6.07) is 78.7. The van der Waals surface area contributed by atoms with Crippen molar-refractivity contribution in [2.75, 3.05) is 86.6 Å². The Morgan fingerprint density at radius 3 is 0.933 bits per heavy atom. The lowest BCUT2D eigenvalue weighted by atomic mass is 9.96. The quantitative estimate of drug-likeness (QED) is 0.0262. The minimum Gasteiger partial charge on any atom is -0.493 e. The number of amides is 5. The number of ketones is 5. The Hall–Kier alpha value is -12.1. The molecule has 31 heteroatoms. The van der Waals surface area contributed by atoms with Crippen molar-refractivity contribution in [1.29, 1.82) is 0 Å². The van der Waals surface area contributed by atoms with Crippen molar-refractivity contribution in [2.24, 2.45) is 0 Å². The monoisotopic (exact) mass is 2180 g/mol. The van der Waals surface area contributed by atoms with Crippen molar-refractivity contribution in [1.82, 2.24) is 24.5 Å². The van der Waals surface area contributed by atoms with E-state index in [1.807, 2.05) is 173 Å². The Kier molecular flexibility index (Phi) is 38.7. The normalized spacial score (nSPS) is 19.0. The van der Waals surface area contributed by atoms with Gasteiger partial charge in [-0.2, -0.15) is 11.3 Å². The van der Waals surface area contributed by atoms with Crippen LogP contribution in [0.2, 0.25) is 35.2 Å². The van der Waals surface area contributed by atoms with Crippen LogP contribution in [0.1, 0.15) is 208 Å². The number of para-hydroxylation sites is 2. The van der Waals surface area contributed by atoms with Gasteiger partial charge >= 0.3 is 0 Å². The van der Waals surface area contributed by atoms with Crippen LogP contribution in [-0.4, -0.2) is 171 Å². The summed E-state index contributed by atoms with van der Waals surface area (Å²) in [4.78, 5) is 143. The van der Waals surface area contributed by atoms with Crippen LogP contribution in [0.15, 0.2) is 283 Å². The molecule has 0 bridgehead atoms. The van der Waals surface area contributed by atoms with Gasteiger partial charge in [0.25, 0.3) is 0 Å². The molecule has 0 spiro atoms. The Labute approximate surface area is 913 Å². The molecule has 18 rings (SSSR count). The zero-order chi connectivity index (χ0) is 106. The molecule has 5 amide bonds. The Morgan fingerprint density at radius 1 is 0.295 bits per heavy atom. The van der Waals surface area contributed by atoms with Gasteiger partial charge in [-0.25, -0.2) is 0 Å². The molecule has 0 radical (unpaired) electrons. The molecule has 0 aliphatic carbocycles. The van der Waals surface area contributed by atoms with Crippen molar-refractivity contribution in [3.8, 4) is 11.5 Å². The number of carbonyl (C=O) groups is 10. The number of anilines is 5. The molecule has 22 nitrogen and oxygen atoms in total. The molecule has 11 aromatic carbocycles. The van der Waals surface area contributed by atoms with E-state index in [-0.39, 0.29) is 58.5 Å². The lowest BCUT2D eigenvalue weighted by molar-refractivity contribution is -0.126. The number of likely N-dealkylation sites (tertiary alicyclic amines) is 5. The highest BCUT2D eigenvalue weighted by atomic mass is 35.5. The molecule has 7 heterocycles. The predicted octanol–water partition coefficient (Wildman–Crippen LogP) is 26.9. The number of benzene rings is 11. The first-order valence-corrected chi connectivity index (χ1v) is 53.9. The minimum atomic E-state index is -0.736. The van der Waals surface area contributed by atoms with E-state index in [0.717, 1.165) is 107 Å². The van der Waals surface area contributed by atoms with E-state index >= 15 is 0 Å². The molecule has 774 valence electrons. The van der Waals surface area contributed by atoms with E-state index < -0.39 is 27.7 Å². The lowest BCUT2D eigenvalue weighted by Gasteiger charge is -2.34. The minimum absolute atomic E-state index is 0.0415. The number of hydrogen-bond acceptors (Lipinski definition) is 19. The van der Waals surface area contributed by atoms with Crippen LogP contribution in [0, 0.1) is 0 Å². The Balaban J connectivity index is 0.000000148. The molecule has 13 aromatic rings. The average Bonchev–Trinajstić information content (AvgIpc) is 1.69. The maximum Gasteiger partial charge on any atom is 0.244 e. The van der Waals surface area contributed by atoms with Crippen molar-refractivity contribution in [2.45, 2.75) is 160 Å². The highest BCUT2D eigenvalue weighted by Gasteiger charge is 2.49. The summed E-state index contributed by atoms with van der Waals surface area (Å²) in [5, 5.41) is 23.8. The van der Waals surface area contributed by atoms with Gasteiger partial charge in [0.05, 0.1) is 95.3 Å². The number of hydrogen-bond donors (Lipinski definition) is 5. The van der Waals surface area contributed by atoms with Crippen LogP contribution in [0.4, 0.5) is 28.4 Å². The molecule has 2 aromatic heterocycles. The third-order valence-corrected chi connectivity index (χ3v) is 32.3. The van der Waals surface area contributed by atoms with E-state index in [2.05, 4.69) is 64.9 Å². The molecule has 5 saturated heterocycles. The zero-order valence-corrected chi connectivity index (χ0v) is 91.3. The molecule has 5 N–H and O–H groups in total. The van der Waals surface area contributed by atoms with Crippen molar-refractivity contribution < 1.29 is 57.4 Å². The second-order valence-electron chi connectivity index (χ2n) is 38.2. The fourth-order valence-corrected chi connectivity index (χ4v) is 22.2. The van der Waals surface area contributed by atoms with E-state index in [4.69, 9.17) is 90.7 Å². The molecular weight excluding hydrogens is 2060 g/mol. The predicted molar refractivity (Wildman–Crippen MR) is 602 cm³/mol. The highest BCUT2D eigenvalue weighted by molar-refractivity contribution is 7.12. The molecular formula is C118H119Cl7N10O12S2. The van der Waals surface area contributed by atoms with Crippen LogP contribution >= 0.6 is 104 Å². The molecule has 5 aliphatic rings. The number of nitrogens with zero attached hydrogens (tertiary/aromatic N) is 5. The number of likely N-dealkylation sites (N-methyl/N-ethyl adjacent to an activating group) is 2. The average molecular weight is 2180 g/mol. The van der Waals surface area contributed by atoms with Crippen LogP contribution < -0.4 is 36.1 Å². The van der Waals surface area contributed by atoms with Crippen molar-refractivity contribution in [3.63, 3.8) is 0 Å². The van der Waals surface area contributed by atoms with Gasteiger partial charge in [-0.15, -0.1) is 11.3 Å². The summed E-state index contributed by atoms with van der Waals surface area (Å²) >= 11 is 45.7. The van der Waals surface area contributed by atoms with Gasteiger partial charge in [-0.1, -0.05) is 235 Å². The Bertz CT molecular complexity index is 6700. The first-order chi connectivity index (χ1) is 71.5. The summed E-state index contributed by atoms with van der Waals surface area (Å²) in [7, 11) is 3.21. The second kappa shape index (κ2) is 51.2. The standard InChI is InChI=1S/C28H29ClN2O4.2C24H21Cl3N2O2S.2C21H24N2O2/c1-28(14-7-15-31(28)18-19-10-13-24(34-2)25(16-19)35-3)27(33)30-23-12-11-21(29)17-22(23)26(32)20-8-5-4-6-9-20;1-24(8-2-9-29(24)13-15-3-5-19(26)20(27)11-15)23(31)28-21-6-4-17(25)12-18(21)22(30)16-7-10-32-14-16;1-24(9-3-10-29(24)14-15-5-7-18(26)19(27)12-15)23(31)28-20-8-6-16(25)13-17(20)22(30)21-4-2-11-32-21;2*1-3-23-15-9-14-21(23,2)20(25)22-18-13-8-7-12-17(18)19(24)16-10-5-4-6-11-16/h4-6,8-13,16-17H,7,14-15,18H2,1-3H3,(H,30,33);3-7,10-12,14H,2,8-9,13H2,1H3,(H,28,31);2,4-8,11-13H,3,9-10,14H2,1H3,(H,28,31);2*4-8,10-13H,3,9,14-15H2,1-2H3,(H,22,25)/t28-;2*24-;2*21-/m11111/s1. The number of halogens is 7. The lowest BCUT2D eigenvalue weighted by Crippen LogP contribution is -2.50. The fourth-order valence-electron chi connectivity index (χ4n) is 19.7. The maximum absolute atomic E-state index is 13.6. The van der Waals surface area contributed by atoms with Crippen LogP contribution in [0.3, 0.4) is 0 Å². The first-order valence-electron chi connectivity index (χ1n) is 49.5. The molecule has 5 aliphatic heterocycles. The summed E-state index contributed by atoms with van der Waals surface area (Å²) in [6.07, 6.45) is 8.52. The van der Waals surface area contributed by atoms with E-state index in [1.54, 1.807) is 159 Å². The summed E-state index contributed by atoms with van der Waals surface area (Å²) in [6.45, 7) is 21.6. The molecule has 5 fully saturated rings. The topological polar surface area (TPSA) is 266 Å². The summed E-state index contributed by atoms with van der Waals surface area (Å²) < 4.78 is 10.8. The van der Waals surface area contributed by atoms with Gasteiger partial charge in [-0.05, 0) is 299 Å². The smallest absolute Gasteiger partial charge is 0.244 e. The summed E-state index contributed by atoms with van der Waals surface area (Å²) in [5.41, 5.74) is 6.79. The van der Waals surface area contributed by atoms with Crippen LogP contribution in [-0.2, 0) is 43.6 Å². The first kappa shape index (κ1) is 113. The second-order valence-corrected chi connectivity index (χ2v) is 42.8. The third kappa shape index (κ3) is 26.9. The van der Waals surface area contributed by atoms with E-state index in [1.165, 1.54) is 22.7 Å². The molecule has 149 heavy (non-hydrogen) atoms. The van der Waals surface area contributed by atoms with Gasteiger partial charge in [0.15, 0.2) is 34.6 Å². The molecule has 0 saturated carbocycles. The van der Waals surface area contributed by atoms with Gasteiger partial charge in [0, 0.05) is 90.2 Å². The number of rotatable bonds is 30. The number of methoxy groups -OCH3 is 2. The molecule has 5 atom stereocenters. The highest BCUT2D eigenvalue weighted by Crippen LogP contribution is 2.42. The van der Waals surface area contributed by atoms with E-state index in [0.29, 0.717) is 169 Å².